The van der Waals surface area contributed by atoms with Gasteiger partial charge in [0.15, 0.2) is 0 Å². The van der Waals surface area contributed by atoms with Crippen LogP contribution in [-0.2, 0) is 24.3 Å². The number of carbonyl (C=O) groups excluding carboxylic acids is 1. The third kappa shape index (κ3) is 2.66. The molecule has 98 valence electrons. The number of aromatic nitrogens is 2. The minimum atomic E-state index is -0.155. The van der Waals surface area contributed by atoms with Crippen molar-refractivity contribution in [2.75, 3.05) is 0 Å². The summed E-state index contributed by atoms with van der Waals surface area (Å²) in [5, 5.41) is 6.18. The fourth-order valence-electron chi connectivity index (χ4n) is 2.33. The summed E-state index contributed by atoms with van der Waals surface area (Å²) < 4.78 is 0. The van der Waals surface area contributed by atoms with Crippen LogP contribution >= 0.6 is 0 Å². The molecule has 0 aliphatic carbocycles. The van der Waals surface area contributed by atoms with Crippen molar-refractivity contribution >= 4 is 5.91 Å². The maximum Gasteiger partial charge on any atom is 0.237 e. The molecule has 0 spiro atoms. The summed E-state index contributed by atoms with van der Waals surface area (Å²) >= 11 is 0. The number of rotatable bonds is 3. The van der Waals surface area contributed by atoms with Crippen molar-refractivity contribution in [3.63, 3.8) is 0 Å². The van der Waals surface area contributed by atoms with Crippen LogP contribution in [0.1, 0.15) is 16.8 Å². The zero-order chi connectivity index (χ0) is 13.1. The Bertz CT molecular complexity index is 565. The fraction of sp³-hybridized carbons (Fsp3) is 0.286. The van der Waals surface area contributed by atoms with E-state index in [0.717, 1.165) is 18.7 Å². The van der Waals surface area contributed by atoms with Gasteiger partial charge in [-0.15, -0.1) is 0 Å². The summed E-state index contributed by atoms with van der Waals surface area (Å²) in [4.78, 5) is 19.0. The first-order valence-corrected chi connectivity index (χ1v) is 6.38. The van der Waals surface area contributed by atoms with Crippen LogP contribution in [0.3, 0.4) is 0 Å². The maximum absolute atomic E-state index is 12.1. The number of amides is 1. The summed E-state index contributed by atoms with van der Waals surface area (Å²) in [7, 11) is 0. The molecule has 3 N–H and O–H groups in total. The molecule has 1 amide bonds. The molecule has 2 heterocycles. The van der Waals surface area contributed by atoms with Gasteiger partial charge < -0.3 is 15.6 Å². The van der Waals surface area contributed by atoms with Crippen LogP contribution in [0.4, 0.5) is 0 Å². The lowest BCUT2D eigenvalue weighted by Crippen LogP contribution is -2.47. The van der Waals surface area contributed by atoms with Gasteiger partial charge in [-0.25, -0.2) is 4.98 Å². The number of aromatic amines is 1. The Morgan fingerprint density at radius 3 is 3.00 bits per heavy atom. The van der Waals surface area contributed by atoms with Crippen molar-refractivity contribution < 1.29 is 4.79 Å². The zero-order valence-electron chi connectivity index (χ0n) is 10.5. The molecule has 0 saturated heterocycles. The molecule has 19 heavy (non-hydrogen) atoms. The highest BCUT2D eigenvalue weighted by Gasteiger charge is 2.23. The Balaban J connectivity index is 1.60. The minimum Gasteiger partial charge on any atom is -0.349 e. The molecule has 0 fully saturated rings. The van der Waals surface area contributed by atoms with Crippen LogP contribution in [0, 0.1) is 0 Å². The van der Waals surface area contributed by atoms with Crippen LogP contribution in [0.15, 0.2) is 36.8 Å². The van der Waals surface area contributed by atoms with Crippen LogP contribution in [0.5, 0.6) is 0 Å². The van der Waals surface area contributed by atoms with Gasteiger partial charge in [0.1, 0.15) is 0 Å². The number of H-pyrrole nitrogens is 1. The summed E-state index contributed by atoms with van der Waals surface area (Å²) in [5.74, 6) is 0.0316. The quantitative estimate of drug-likeness (QED) is 0.758. The summed E-state index contributed by atoms with van der Waals surface area (Å²) in [5.41, 5.74) is 3.44. The van der Waals surface area contributed by atoms with Gasteiger partial charge in [0.25, 0.3) is 0 Å². The Morgan fingerprint density at radius 1 is 1.37 bits per heavy atom. The molecule has 1 aliphatic rings. The average Bonchev–Trinajstić information content (AvgIpc) is 2.97. The van der Waals surface area contributed by atoms with Crippen molar-refractivity contribution in [2.45, 2.75) is 25.6 Å². The van der Waals surface area contributed by atoms with Gasteiger partial charge in [-0.3, -0.25) is 4.79 Å². The predicted octanol–water partition coefficient (Wildman–Crippen LogP) is 0.740. The number of hydrogen-bond acceptors (Lipinski definition) is 3. The first-order chi connectivity index (χ1) is 9.33. The van der Waals surface area contributed by atoms with Crippen molar-refractivity contribution in [3.05, 3.63) is 53.6 Å². The molecule has 5 nitrogen and oxygen atoms in total. The Kier molecular flexibility index (Phi) is 3.29. The Labute approximate surface area is 111 Å². The van der Waals surface area contributed by atoms with Gasteiger partial charge in [-0.05, 0) is 17.5 Å². The minimum absolute atomic E-state index is 0.0316. The molecule has 1 aromatic carbocycles. The molecular weight excluding hydrogens is 240 g/mol. The molecule has 0 bridgehead atoms. The van der Waals surface area contributed by atoms with Gasteiger partial charge in [-0.2, -0.15) is 0 Å². The molecule has 5 heteroatoms. The summed E-state index contributed by atoms with van der Waals surface area (Å²) in [6.45, 7) is 1.23. The van der Waals surface area contributed by atoms with E-state index in [1.807, 2.05) is 12.1 Å². The van der Waals surface area contributed by atoms with Crippen LogP contribution < -0.4 is 10.6 Å². The Morgan fingerprint density at radius 2 is 2.21 bits per heavy atom. The van der Waals surface area contributed by atoms with Gasteiger partial charge in [-0.1, -0.05) is 24.3 Å². The fourth-order valence-corrected chi connectivity index (χ4v) is 2.33. The predicted molar refractivity (Wildman–Crippen MR) is 71.2 cm³/mol. The van der Waals surface area contributed by atoms with E-state index >= 15 is 0 Å². The lowest BCUT2D eigenvalue weighted by Gasteiger charge is -2.25. The molecular formula is C14H16N4O. The van der Waals surface area contributed by atoms with Crippen LogP contribution in [0.2, 0.25) is 0 Å². The van der Waals surface area contributed by atoms with Gasteiger partial charge >= 0.3 is 0 Å². The number of fused-ring (bicyclic) bond motifs is 1. The number of carbonyl (C=O) groups is 1. The standard InChI is InChI=1S/C14H16N4O/c19-14(17-8-12-7-15-9-18-12)13-5-10-3-1-2-4-11(10)6-16-13/h1-4,7,9,13,16H,5-6,8H2,(H,15,18)(H,17,19)/t13-/m1/s1. The Hall–Kier alpha value is -2.14. The average molecular weight is 256 g/mol. The van der Waals surface area contributed by atoms with E-state index in [2.05, 4.69) is 32.7 Å². The van der Waals surface area contributed by atoms with Crippen LogP contribution in [-0.4, -0.2) is 21.9 Å². The maximum atomic E-state index is 12.1. The number of hydrogen-bond donors (Lipinski definition) is 3. The highest BCUT2D eigenvalue weighted by molar-refractivity contribution is 5.82. The van der Waals surface area contributed by atoms with E-state index in [0.29, 0.717) is 6.54 Å². The van der Waals surface area contributed by atoms with Crippen molar-refractivity contribution in [1.82, 2.24) is 20.6 Å². The lowest BCUT2D eigenvalue weighted by molar-refractivity contribution is -0.123. The first kappa shape index (κ1) is 11.9. The van der Waals surface area contributed by atoms with E-state index in [-0.39, 0.29) is 11.9 Å². The van der Waals surface area contributed by atoms with E-state index in [4.69, 9.17) is 0 Å². The molecule has 1 aromatic heterocycles. The van der Waals surface area contributed by atoms with Crippen molar-refractivity contribution in [3.8, 4) is 0 Å². The third-order valence-corrected chi connectivity index (χ3v) is 3.41. The molecule has 3 rings (SSSR count). The number of benzene rings is 1. The van der Waals surface area contributed by atoms with Crippen LogP contribution in [0.25, 0.3) is 0 Å². The monoisotopic (exact) mass is 256 g/mol. The van der Waals surface area contributed by atoms with E-state index < -0.39 is 0 Å². The third-order valence-electron chi connectivity index (χ3n) is 3.41. The van der Waals surface area contributed by atoms with Gasteiger partial charge in [0.2, 0.25) is 5.91 Å². The molecule has 0 unspecified atom stereocenters. The smallest absolute Gasteiger partial charge is 0.237 e. The van der Waals surface area contributed by atoms with Gasteiger partial charge in [0, 0.05) is 12.7 Å². The highest BCUT2D eigenvalue weighted by atomic mass is 16.2. The van der Waals surface area contributed by atoms with E-state index in [1.54, 1.807) is 12.5 Å². The molecule has 1 aliphatic heterocycles. The molecule has 0 radical (unpaired) electrons. The summed E-state index contributed by atoms with van der Waals surface area (Å²) in [6, 6.07) is 8.08. The lowest BCUT2D eigenvalue weighted by atomic mass is 9.95. The second-order valence-corrected chi connectivity index (χ2v) is 4.70. The normalized spacial score (nSPS) is 17.8. The number of nitrogens with zero attached hydrogens (tertiary/aromatic N) is 1. The highest BCUT2D eigenvalue weighted by Crippen LogP contribution is 2.16. The van der Waals surface area contributed by atoms with Crippen molar-refractivity contribution in [1.29, 1.82) is 0 Å². The summed E-state index contributed by atoms with van der Waals surface area (Å²) in [6.07, 6.45) is 4.06. The van der Waals surface area contributed by atoms with Crippen molar-refractivity contribution in [2.24, 2.45) is 0 Å². The number of imidazole rings is 1. The second-order valence-electron chi connectivity index (χ2n) is 4.70. The van der Waals surface area contributed by atoms with E-state index in [1.165, 1.54) is 11.1 Å². The second kappa shape index (κ2) is 5.24. The van der Waals surface area contributed by atoms with Gasteiger partial charge in [0.05, 0.1) is 24.6 Å². The first-order valence-electron chi connectivity index (χ1n) is 6.38. The molecule has 2 aromatic rings. The molecule has 1 atom stereocenters. The largest absolute Gasteiger partial charge is 0.349 e. The zero-order valence-corrected chi connectivity index (χ0v) is 10.5. The SMILES string of the molecule is O=C(NCc1cnc[nH]1)[C@H]1Cc2ccccc2CN1. The molecule has 0 saturated carbocycles. The topological polar surface area (TPSA) is 69.8 Å². The number of nitrogens with one attached hydrogen (secondary N) is 3. The van der Waals surface area contributed by atoms with E-state index in [9.17, 15) is 4.79 Å².